The van der Waals surface area contributed by atoms with Gasteiger partial charge in [-0.2, -0.15) is 0 Å². The molecular formula is C15H22N4O6S. The van der Waals surface area contributed by atoms with Crippen molar-refractivity contribution in [3.8, 4) is 0 Å². The molecule has 3 N–H and O–H groups in total. The fourth-order valence-electron chi connectivity index (χ4n) is 2.72. The number of hydrogen-bond acceptors (Lipinski definition) is 7. The smallest absolute Gasteiger partial charge is 0.270 e. The van der Waals surface area contributed by atoms with E-state index in [0.717, 1.165) is 6.07 Å². The Morgan fingerprint density at radius 3 is 2.65 bits per heavy atom. The lowest BCUT2D eigenvalue weighted by molar-refractivity contribution is -0.385. The molecule has 26 heavy (non-hydrogen) atoms. The number of methoxy groups -OCH3 is 1. The van der Waals surface area contributed by atoms with Gasteiger partial charge >= 0.3 is 0 Å². The van der Waals surface area contributed by atoms with Crippen molar-refractivity contribution in [3.63, 3.8) is 0 Å². The molecule has 1 aromatic carbocycles. The molecule has 0 atom stereocenters. The molecule has 1 saturated heterocycles. The van der Waals surface area contributed by atoms with Gasteiger partial charge in [0.25, 0.3) is 11.6 Å². The molecule has 11 heteroatoms. The fraction of sp³-hybridized carbons (Fsp3) is 0.533. The molecule has 1 amide bonds. The van der Waals surface area contributed by atoms with E-state index in [4.69, 9.17) is 4.74 Å². The molecule has 0 aliphatic carbocycles. The zero-order valence-corrected chi connectivity index (χ0v) is 15.2. The third-order valence-corrected chi connectivity index (χ3v) is 5.72. The molecule has 1 heterocycles. The molecular weight excluding hydrogens is 364 g/mol. The van der Waals surface area contributed by atoms with Gasteiger partial charge in [0.2, 0.25) is 10.0 Å². The van der Waals surface area contributed by atoms with Crippen LogP contribution in [0.15, 0.2) is 29.2 Å². The average Bonchev–Trinajstić information content (AvgIpc) is 2.65. The summed E-state index contributed by atoms with van der Waals surface area (Å²) >= 11 is 0. The number of nitrogens with one attached hydrogen (secondary N) is 3. The van der Waals surface area contributed by atoms with Crippen LogP contribution in [0.4, 0.5) is 5.69 Å². The van der Waals surface area contributed by atoms with Crippen LogP contribution in [0.2, 0.25) is 0 Å². The number of ether oxygens (including phenoxy) is 1. The predicted molar refractivity (Wildman–Crippen MR) is 93.1 cm³/mol. The van der Waals surface area contributed by atoms with E-state index < -0.39 is 20.5 Å². The predicted octanol–water partition coefficient (Wildman–Crippen LogP) is -0.242. The Kier molecular flexibility index (Phi) is 6.64. The highest BCUT2D eigenvalue weighted by molar-refractivity contribution is 7.89. The highest BCUT2D eigenvalue weighted by Crippen LogP contribution is 2.22. The van der Waals surface area contributed by atoms with Crippen molar-refractivity contribution in [1.82, 2.24) is 15.4 Å². The summed E-state index contributed by atoms with van der Waals surface area (Å²) in [6.45, 7) is 1.36. The van der Waals surface area contributed by atoms with E-state index in [-0.39, 0.29) is 29.6 Å². The van der Waals surface area contributed by atoms with E-state index in [1.165, 1.54) is 25.3 Å². The summed E-state index contributed by atoms with van der Waals surface area (Å²) in [5.74, 6) is -0.281. The number of nitro groups is 1. The van der Waals surface area contributed by atoms with Crippen molar-refractivity contribution in [1.29, 1.82) is 0 Å². The molecule has 0 radical (unpaired) electrons. The van der Waals surface area contributed by atoms with Gasteiger partial charge in [-0.05, 0) is 32.0 Å². The quantitative estimate of drug-likeness (QED) is 0.318. The van der Waals surface area contributed by atoms with Crippen LogP contribution in [0.1, 0.15) is 12.8 Å². The molecule has 10 nitrogen and oxygen atoms in total. The summed E-state index contributed by atoms with van der Waals surface area (Å²) in [4.78, 5) is 22.2. The lowest BCUT2D eigenvalue weighted by atomic mass is 9.91. The highest BCUT2D eigenvalue weighted by atomic mass is 32.2. The van der Waals surface area contributed by atoms with E-state index in [1.54, 1.807) is 0 Å². The maximum atomic E-state index is 12.3. The van der Waals surface area contributed by atoms with E-state index >= 15 is 0 Å². The third-order valence-electron chi connectivity index (χ3n) is 4.26. The van der Waals surface area contributed by atoms with Gasteiger partial charge in [0.05, 0.1) is 9.82 Å². The third kappa shape index (κ3) is 4.75. The van der Waals surface area contributed by atoms with Gasteiger partial charge in [0, 0.05) is 32.3 Å². The summed E-state index contributed by atoms with van der Waals surface area (Å²) in [6.07, 6.45) is 1.07. The minimum atomic E-state index is -3.91. The number of nitro benzene ring substituents is 1. The van der Waals surface area contributed by atoms with Crippen LogP contribution in [0.5, 0.6) is 0 Å². The maximum Gasteiger partial charge on any atom is 0.270 e. The Morgan fingerprint density at radius 2 is 2.04 bits per heavy atom. The Labute approximate surface area is 151 Å². The zero-order valence-electron chi connectivity index (χ0n) is 14.4. The van der Waals surface area contributed by atoms with Gasteiger partial charge in [0.1, 0.15) is 5.60 Å². The molecule has 1 aliphatic heterocycles. The second-order valence-corrected chi connectivity index (χ2v) is 7.62. The van der Waals surface area contributed by atoms with Crippen molar-refractivity contribution in [3.05, 3.63) is 34.4 Å². The van der Waals surface area contributed by atoms with E-state index in [9.17, 15) is 23.3 Å². The van der Waals surface area contributed by atoms with E-state index in [0.29, 0.717) is 25.9 Å². The number of carbonyl (C=O) groups excluding carboxylic acids is 1. The summed E-state index contributed by atoms with van der Waals surface area (Å²) < 4.78 is 32.1. The molecule has 144 valence electrons. The number of nitrogens with zero attached hydrogens (tertiary/aromatic N) is 1. The molecule has 0 unspecified atom stereocenters. The largest absolute Gasteiger partial charge is 0.368 e. The molecule has 0 aromatic heterocycles. The lowest BCUT2D eigenvalue weighted by Crippen LogP contribution is -2.54. The normalized spacial score (nSPS) is 16.8. The molecule has 0 bridgehead atoms. The Balaban J connectivity index is 1.89. The SMILES string of the molecule is COC1(C(=O)NCCNS(=O)(=O)c2cccc([N+](=O)[O-])c2)CCNCC1. The average molecular weight is 386 g/mol. The van der Waals surface area contributed by atoms with Gasteiger partial charge in [-0.3, -0.25) is 14.9 Å². The first-order valence-corrected chi connectivity index (χ1v) is 9.57. The molecule has 1 fully saturated rings. The van der Waals surface area contributed by atoms with Crippen LogP contribution in [-0.2, 0) is 19.6 Å². The highest BCUT2D eigenvalue weighted by Gasteiger charge is 2.39. The monoisotopic (exact) mass is 386 g/mol. The summed E-state index contributed by atoms with van der Waals surface area (Å²) in [7, 11) is -2.42. The van der Waals surface area contributed by atoms with Crippen LogP contribution in [0.25, 0.3) is 0 Å². The number of benzene rings is 1. The first-order chi connectivity index (χ1) is 12.3. The molecule has 1 aliphatic rings. The minimum Gasteiger partial charge on any atom is -0.368 e. The first-order valence-electron chi connectivity index (χ1n) is 8.09. The second kappa shape index (κ2) is 8.54. The number of hydrogen-bond donors (Lipinski definition) is 3. The maximum absolute atomic E-state index is 12.3. The van der Waals surface area contributed by atoms with Crippen LogP contribution in [0, 0.1) is 10.1 Å². The first kappa shape index (κ1) is 20.2. The second-order valence-electron chi connectivity index (χ2n) is 5.86. The van der Waals surface area contributed by atoms with Crippen LogP contribution in [0.3, 0.4) is 0 Å². The number of non-ortho nitro benzene ring substituents is 1. The van der Waals surface area contributed by atoms with Crippen LogP contribution in [-0.4, -0.2) is 58.1 Å². The minimum absolute atomic E-state index is 0.0468. The van der Waals surface area contributed by atoms with Crippen molar-refractivity contribution < 1.29 is 22.9 Å². The number of rotatable bonds is 8. The van der Waals surface area contributed by atoms with Gasteiger partial charge in [-0.25, -0.2) is 13.1 Å². The Hall–Kier alpha value is -2.08. The summed E-state index contributed by atoms with van der Waals surface area (Å²) in [6, 6.07) is 4.76. The van der Waals surface area contributed by atoms with E-state index in [2.05, 4.69) is 15.4 Å². The number of sulfonamides is 1. The summed E-state index contributed by atoms with van der Waals surface area (Å²) in [5.41, 5.74) is -1.21. The Bertz CT molecular complexity index is 761. The van der Waals surface area contributed by atoms with Gasteiger partial charge < -0.3 is 15.4 Å². The number of amides is 1. The number of carbonyl (C=O) groups is 1. The van der Waals surface area contributed by atoms with Crippen LogP contribution >= 0.6 is 0 Å². The van der Waals surface area contributed by atoms with E-state index in [1.807, 2.05) is 0 Å². The Morgan fingerprint density at radius 1 is 1.35 bits per heavy atom. The van der Waals surface area contributed by atoms with Crippen molar-refractivity contribution >= 4 is 21.6 Å². The van der Waals surface area contributed by atoms with Gasteiger partial charge in [0.15, 0.2) is 0 Å². The van der Waals surface area contributed by atoms with Crippen molar-refractivity contribution in [2.24, 2.45) is 0 Å². The summed E-state index contributed by atoms with van der Waals surface area (Å²) in [5, 5.41) is 16.6. The number of piperidine rings is 1. The van der Waals surface area contributed by atoms with Gasteiger partial charge in [-0.15, -0.1) is 0 Å². The lowest BCUT2D eigenvalue weighted by Gasteiger charge is -2.34. The molecule has 2 rings (SSSR count). The zero-order chi connectivity index (χ0) is 19.2. The van der Waals surface area contributed by atoms with Gasteiger partial charge in [-0.1, -0.05) is 6.07 Å². The molecule has 0 spiro atoms. The van der Waals surface area contributed by atoms with Crippen molar-refractivity contribution in [2.75, 3.05) is 33.3 Å². The standard InChI is InChI=1S/C15H22N4O6S/c1-25-15(5-7-16-8-6-15)14(20)17-9-10-18-26(23,24)13-4-2-3-12(11-13)19(21)22/h2-4,11,16,18H,5-10H2,1H3,(H,17,20). The van der Waals surface area contributed by atoms with Crippen LogP contribution < -0.4 is 15.4 Å². The van der Waals surface area contributed by atoms with Crippen molar-refractivity contribution in [2.45, 2.75) is 23.3 Å². The topological polar surface area (TPSA) is 140 Å². The fourth-order valence-corrected chi connectivity index (χ4v) is 3.80. The molecule has 1 aromatic rings. The molecule has 0 saturated carbocycles.